The second kappa shape index (κ2) is 11.1. The first-order chi connectivity index (χ1) is 13.1. The highest BCUT2D eigenvalue weighted by Gasteiger charge is 2.21. The Morgan fingerprint density at radius 3 is 2.57 bits per heavy atom. The van der Waals surface area contributed by atoms with Crippen LogP contribution in [0.25, 0.3) is 0 Å². The predicted octanol–water partition coefficient (Wildman–Crippen LogP) is 2.07. The van der Waals surface area contributed by atoms with Crippen molar-refractivity contribution in [3.05, 3.63) is 23.8 Å². The van der Waals surface area contributed by atoms with Crippen molar-refractivity contribution in [3.63, 3.8) is 0 Å². The molecule has 1 N–H and O–H groups in total. The summed E-state index contributed by atoms with van der Waals surface area (Å²) in [6, 6.07) is 6.80. The molecule has 0 radical (unpaired) electrons. The van der Waals surface area contributed by atoms with E-state index < -0.39 is 0 Å². The van der Waals surface area contributed by atoms with Crippen molar-refractivity contribution >= 4 is 29.9 Å². The average molecular weight is 503 g/mol. The number of ether oxygens (including phenoxy) is 2. The van der Waals surface area contributed by atoms with Crippen LogP contribution in [0, 0.1) is 0 Å². The van der Waals surface area contributed by atoms with Crippen LogP contribution in [0.1, 0.15) is 19.4 Å². The number of nitrogens with zero attached hydrogens (tertiary/aromatic N) is 4. The van der Waals surface area contributed by atoms with E-state index in [1.807, 2.05) is 13.1 Å². The number of likely N-dealkylation sites (N-methyl/N-ethyl adjacent to an activating group) is 1. The van der Waals surface area contributed by atoms with E-state index in [4.69, 9.17) is 9.47 Å². The molecule has 2 aliphatic rings. The molecule has 0 unspecified atom stereocenters. The lowest BCUT2D eigenvalue weighted by molar-refractivity contribution is 0.170. The highest BCUT2D eigenvalue weighted by molar-refractivity contribution is 14.0. The number of fused-ring (bicyclic) bond motifs is 1. The van der Waals surface area contributed by atoms with E-state index in [0.717, 1.165) is 63.3 Å². The van der Waals surface area contributed by atoms with Crippen LogP contribution in [-0.2, 0) is 6.54 Å². The summed E-state index contributed by atoms with van der Waals surface area (Å²) >= 11 is 0. The lowest BCUT2D eigenvalue weighted by atomic mass is 10.1. The Kier molecular flexibility index (Phi) is 9.10. The molecule has 0 bridgehead atoms. The maximum Gasteiger partial charge on any atom is 0.231 e. The van der Waals surface area contributed by atoms with Crippen molar-refractivity contribution in [2.24, 2.45) is 4.99 Å². The average Bonchev–Trinajstić information content (AvgIpc) is 3.13. The molecule has 1 aromatic rings. The molecule has 0 amide bonds. The summed E-state index contributed by atoms with van der Waals surface area (Å²) < 4.78 is 10.9. The fourth-order valence-electron chi connectivity index (χ4n) is 3.35. The zero-order valence-electron chi connectivity index (χ0n) is 17.5. The minimum Gasteiger partial charge on any atom is -0.454 e. The minimum atomic E-state index is 0. The second-order valence-electron chi connectivity index (χ2n) is 7.50. The van der Waals surface area contributed by atoms with Crippen LogP contribution >= 0.6 is 24.0 Å². The van der Waals surface area contributed by atoms with Crippen molar-refractivity contribution in [1.82, 2.24) is 20.0 Å². The molecule has 8 heteroatoms. The fraction of sp³-hybridized carbons (Fsp3) is 0.650. The van der Waals surface area contributed by atoms with Gasteiger partial charge in [-0.25, -0.2) is 0 Å². The zero-order chi connectivity index (χ0) is 19.2. The monoisotopic (exact) mass is 503 g/mol. The van der Waals surface area contributed by atoms with Crippen molar-refractivity contribution in [3.8, 4) is 11.5 Å². The first-order valence-electron chi connectivity index (χ1n) is 9.83. The molecule has 0 saturated carbocycles. The Morgan fingerprint density at radius 2 is 1.89 bits per heavy atom. The Hall–Kier alpha value is -1.26. The van der Waals surface area contributed by atoms with E-state index in [0.29, 0.717) is 12.8 Å². The Labute approximate surface area is 186 Å². The van der Waals surface area contributed by atoms with Crippen molar-refractivity contribution in [2.45, 2.75) is 26.4 Å². The van der Waals surface area contributed by atoms with Crippen LogP contribution in [-0.4, -0.2) is 86.9 Å². The van der Waals surface area contributed by atoms with Crippen LogP contribution in [0.5, 0.6) is 11.5 Å². The van der Waals surface area contributed by atoms with Gasteiger partial charge < -0.3 is 24.6 Å². The number of benzene rings is 1. The van der Waals surface area contributed by atoms with Gasteiger partial charge in [0.05, 0.1) is 0 Å². The number of halogens is 1. The number of piperazine rings is 1. The van der Waals surface area contributed by atoms with Crippen LogP contribution in [0.3, 0.4) is 0 Å². The lowest BCUT2D eigenvalue weighted by Gasteiger charge is -2.36. The standard InChI is InChI=1S/C20H33N5O2.HI/c1-16(2)23(4)8-7-22-20(21-3)25-11-9-24(10-12-25)14-17-5-6-18-19(13-17)27-15-26-18;/h5-6,13,16H,7-12,14-15H2,1-4H3,(H,21,22);1H. The van der Waals surface area contributed by atoms with Crippen LogP contribution < -0.4 is 14.8 Å². The third-order valence-corrected chi connectivity index (χ3v) is 5.36. The van der Waals surface area contributed by atoms with E-state index >= 15 is 0 Å². The molecule has 1 saturated heterocycles. The molecule has 0 spiro atoms. The van der Waals surface area contributed by atoms with Gasteiger partial charge in [-0.15, -0.1) is 24.0 Å². The molecule has 2 heterocycles. The maximum absolute atomic E-state index is 5.48. The van der Waals surface area contributed by atoms with Gasteiger partial charge in [-0.3, -0.25) is 9.89 Å². The molecule has 1 aromatic carbocycles. The van der Waals surface area contributed by atoms with Crippen molar-refractivity contribution in [2.75, 3.05) is 60.2 Å². The second-order valence-corrected chi connectivity index (χ2v) is 7.50. The topological polar surface area (TPSA) is 52.6 Å². The summed E-state index contributed by atoms with van der Waals surface area (Å²) in [6.45, 7) is 11.7. The highest BCUT2D eigenvalue weighted by atomic mass is 127. The van der Waals surface area contributed by atoms with E-state index in [-0.39, 0.29) is 24.0 Å². The summed E-state index contributed by atoms with van der Waals surface area (Å²) in [6.07, 6.45) is 0. The van der Waals surface area contributed by atoms with E-state index in [2.05, 4.69) is 58.0 Å². The molecule has 2 aliphatic heterocycles. The van der Waals surface area contributed by atoms with Gasteiger partial charge in [0.15, 0.2) is 17.5 Å². The fourth-order valence-corrected chi connectivity index (χ4v) is 3.35. The van der Waals surface area contributed by atoms with Gasteiger partial charge >= 0.3 is 0 Å². The van der Waals surface area contributed by atoms with Crippen LogP contribution in [0.15, 0.2) is 23.2 Å². The van der Waals surface area contributed by atoms with Crippen LogP contribution in [0.4, 0.5) is 0 Å². The third kappa shape index (κ3) is 6.12. The van der Waals surface area contributed by atoms with Gasteiger partial charge in [0.1, 0.15) is 0 Å². The number of aliphatic imine (C=N–C) groups is 1. The summed E-state index contributed by atoms with van der Waals surface area (Å²) in [5.41, 5.74) is 1.27. The zero-order valence-corrected chi connectivity index (χ0v) is 19.8. The largest absolute Gasteiger partial charge is 0.454 e. The summed E-state index contributed by atoms with van der Waals surface area (Å²) in [5.74, 6) is 2.72. The SMILES string of the molecule is CN=C(NCCN(C)C(C)C)N1CCN(Cc2ccc3c(c2)OCO3)CC1.I. The maximum atomic E-state index is 5.48. The number of rotatable bonds is 6. The first-order valence-corrected chi connectivity index (χ1v) is 9.83. The molecule has 0 atom stereocenters. The van der Waals surface area contributed by atoms with Gasteiger partial charge in [0, 0.05) is 58.9 Å². The molecule has 3 rings (SSSR count). The van der Waals surface area contributed by atoms with E-state index in [9.17, 15) is 0 Å². The van der Waals surface area contributed by atoms with E-state index in [1.54, 1.807) is 0 Å². The quantitative estimate of drug-likeness (QED) is 0.365. The Morgan fingerprint density at radius 1 is 1.18 bits per heavy atom. The van der Waals surface area contributed by atoms with E-state index in [1.165, 1.54) is 5.56 Å². The molecule has 28 heavy (non-hydrogen) atoms. The van der Waals surface area contributed by atoms with Crippen molar-refractivity contribution < 1.29 is 9.47 Å². The van der Waals surface area contributed by atoms with Gasteiger partial charge in [-0.2, -0.15) is 0 Å². The summed E-state index contributed by atoms with van der Waals surface area (Å²) in [7, 11) is 4.03. The first kappa shape index (κ1) is 23.0. The minimum absolute atomic E-state index is 0. The molecule has 0 aliphatic carbocycles. The molecule has 1 fully saturated rings. The van der Waals surface area contributed by atoms with Gasteiger partial charge in [-0.05, 0) is 38.6 Å². The summed E-state index contributed by atoms with van der Waals surface area (Å²) in [5, 5.41) is 3.50. The Bertz CT molecular complexity index is 647. The number of nitrogens with one attached hydrogen (secondary N) is 1. The molecular weight excluding hydrogens is 469 g/mol. The Balaban J connectivity index is 0.00000280. The number of hydrogen-bond acceptors (Lipinski definition) is 5. The summed E-state index contributed by atoms with van der Waals surface area (Å²) in [4.78, 5) is 11.6. The van der Waals surface area contributed by atoms with Gasteiger partial charge in [0.25, 0.3) is 0 Å². The van der Waals surface area contributed by atoms with Gasteiger partial charge in [0.2, 0.25) is 6.79 Å². The highest BCUT2D eigenvalue weighted by Crippen LogP contribution is 2.32. The number of hydrogen-bond donors (Lipinski definition) is 1. The van der Waals surface area contributed by atoms with Gasteiger partial charge in [-0.1, -0.05) is 6.07 Å². The normalized spacial score (nSPS) is 17.2. The molecule has 0 aromatic heterocycles. The predicted molar refractivity (Wildman–Crippen MR) is 124 cm³/mol. The van der Waals surface area contributed by atoms with Crippen LogP contribution in [0.2, 0.25) is 0 Å². The smallest absolute Gasteiger partial charge is 0.231 e. The number of guanidine groups is 1. The molecule has 7 nitrogen and oxygen atoms in total. The third-order valence-electron chi connectivity index (χ3n) is 5.36. The molecular formula is C20H34IN5O2. The van der Waals surface area contributed by atoms with Crippen molar-refractivity contribution in [1.29, 1.82) is 0 Å². The lowest BCUT2D eigenvalue weighted by Crippen LogP contribution is -2.53. The molecule has 158 valence electrons.